The molecule has 0 amide bonds. The number of esters is 1. The fourth-order valence-corrected chi connectivity index (χ4v) is 1.24. The molecule has 0 bridgehead atoms. The van der Waals surface area contributed by atoms with Crippen molar-refractivity contribution >= 4 is 5.97 Å². The number of allylic oxidation sites excluding steroid dienone is 5. The highest BCUT2D eigenvalue weighted by atomic mass is 16.5. The largest absolute Gasteiger partial charge is 0.462 e. The lowest BCUT2D eigenvalue weighted by atomic mass is 10.2. The molecule has 0 aliphatic carbocycles. The van der Waals surface area contributed by atoms with Crippen molar-refractivity contribution in [1.29, 1.82) is 5.26 Å². The zero-order valence-electron chi connectivity index (χ0n) is 9.88. The van der Waals surface area contributed by atoms with Gasteiger partial charge in [-0.15, -0.1) is 0 Å². The fraction of sp³-hybridized carbons (Fsp3) is 0.231. The van der Waals surface area contributed by atoms with Gasteiger partial charge in [0.05, 0.1) is 6.61 Å². The van der Waals surface area contributed by atoms with Crippen molar-refractivity contribution in [3.05, 3.63) is 47.9 Å². The number of carbonyl (C=O) groups excluding carboxylic acids is 1. The second-order valence-electron chi connectivity index (χ2n) is 3.32. The first-order valence-corrected chi connectivity index (χ1v) is 5.26. The van der Waals surface area contributed by atoms with Crippen LogP contribution >= 0.6 is 0 Å². The van der Waals surface area contributed by atoms with Crippen molar-refractivity contribution in [1.82, 2.24) is 4.90 Å². The zero-order valence-corrected chi connectivity index (χ0v) is 9.88. The minimum atomic E-state index is -0.593. The van der Waals surface area contributed by atoms with E-state index in [2.05, 4.69) is 0 Å². The highest BCUT2D eigenvalue weighted by Crippen LogP contribution is 2.10. The van der Waals surface area contributed by atoms with Crippen LogP contribution in [0.2, 0.25) is 0 Å². The van der Waals surface area contributed by atoms with Gasteiger partial charge < -0.3 is 9.64 Å². The molecular weight excluding hydrogens is 216 g/mol. The lowest BCUT2D eigenvalue weighted by molar-refractivity contribution is -0.138. The molecular formula is C13H14N2O2. The van der Waals surface area contributed by atoms with Gasteiger partial charge >= 0.3 is 5.97 Å². The molecule has 88 valence electrons. The monoisotopic (exact) mass is 230 g/mol. The number of likely N-dealkylation sites (N-methyl/N-ethyl adjacent to an activating group) is 1. The Morgan fingerprint density at radius 2 is 2.35 bits per heavy atom. The van der Waals surface area contributed by atoms with E-state index in [4.69, 9.17) is 10.00 Å². The highest BCUT2D eigenvalue weighted by Gasteiger charge is 2.08. The summed E-state index contributed by atoms with van der Waals surface area (Å²) in [5, 5.41) is 8.82. The smallest absolute Gasteiger partial charge is 0.348 e. The lowest BCUT2D eigenvalue weighted by Gasteiger charge is -2.17. The quantitative estimate of drug-likeness (QED) is 0.422. The van der Waals surface area contributed by atoms with Crippen LogP contribution in [0, 0.1) is 11.3 Å². The molecule has 0 fully saturated rings. The average Bonchev–Trinajstić information content (AvgIpc) is 2.32. The number of nitrogens with zero attached hydrogens (tertiary/aromatic N) is 2. The molecule has 1 rings (SSSR count). The van der Waals surface area contributed by atoms with Crippen molar-refractivity contribution < 1.29 is 9.53 Å². The van der Waals surface area contributed by atoms with Gasteiger partial charge in [0, 0.05) is 18.9 Å². The predicted octanol–water partition coefficient (Wildman–Crippen LogP) is 1.90. The molecule has 1 heterocycles. The molecule has 0 unspecified atom stereocenters. The molecule has 4 nitrogen and oxygen atoms in total. The van der Waals surface area contributed by atoms with Crippen molar-refractivity contribution in [2.45, 2.75) is 6.92 Å². The third kappa shape index (κ3) is 3.65. The maximum atomic E-state index is 11.3. The number of hydrogen-bond donors (Lipinski definition) is 0. The van der Waals surface area contributed by atoms with E-state index in [1.807, 2.05) is 42.4 Å². The van der Waals surface area contributed by atoms with Gasteiger partial charge in [0.2, 0.25) is 0 Å². The standard InChI is InChI=1S/C13H14N2O2/c1-3-17-13(16)11(10-14)7-8-12-6-4-5-9-15(12)2/h4-9H,3H2,1-2H3/b11-7+,12-8+. The first-order valence-electron chi connectivity index (χ1n) is 5.26. The normalized spacial score (nSPS) is 17.1. The molecule has 1 aliphatic rings. The Kier molecular flexibility index (Phi) is 4.77. The topological polar surface area (TPSA) is 53.3 Å². The van der Waals surface area contributed by atoms with Crippen molar-refractivity contribution in [2.75, 3.05) is 13.7 Å². The first-order chi connectivity index (χ1) is 8.19. The van der Waals surface area contributed by atoms with Crippen molar-refractivity contribution in [3.8, 4) is 6.07 Å². The van der Waals surface area contributed by atoms with E-state index in [-0.39, 0.29) is 12.2 Å². The zero-order chi connectivity index (χ0) is 12.7. The number of hydrogen-bond acceptors (Lipinski definition) is 4. The van der Waals surface area contributed by atoms with Gasteiger partial charge in [0.25, 0.3) is 0 Å². The molecule has 17 heavy (non-hydrogen) atoms. The maximum absolute atomic E-state index is 11.3. The molecule has 0 saturated carbocycles. The summed E-state index contributed by atoms with van der Waals surface area (Å²) >= 11 is 0. The van der Waals surface area contributed by atoms with E-state index in [0.29, 0.717) is 0 Å². The molecule has 1 aliphatic heterocycles. The third-order valence-corrected chi connectivity index (χ3v) is 2.13. The number of rotatable bonds is 3. The highest BCUT2D eigenvalue weighted by molar-refractivity contribution is 5.93. The Balaban J connectivity index is 2.84. The summed E-state index contributed by atoms with van der Waals surface area (Å²) < 4.78 is 4.76. The van der Waals surface area contributed by atoms with E-state index in [0.717, 1.165) is 5.70 Å². The Hall–Kier alpha value is -2.28. The van der Waals surface area contributed by atoms with Gasteiger partial charge in [-0.05, 0) is 31.2 Å². The molecule has 0 saturated heterocycles. The molecule has 0 radical (unpaired) electrons. The second-order valence-corrected chi connectivity index (χ2v) is 3.32. The van der Waals surface area contributed by atoms with Gasteiger partial charge in [0.15, 0.2) is 0 Å². The molecule has 0 aromatic carbocycles. The Morgan fingerprint density at radius 3 is 2.94 bits per heavy atom. The lowest BCUT2D eigenvalue weighted by Crippen LogP contribution is -2.10. The van der Waals surface area contributed by atoms with Crippen molar-refractivity contribution in [3.63, 3.8) is 0 Å². The Labute approximate surface area is 101 Å². The van der Waals surface area contributed by atoms with Crippen LogP contribution in [0.1, 0.15) is 6.92 Å². The van der Waals surface area contributed by atoms with Crippen LogP contribution in [0.15, 0.2) is 47.9 Å². The summed E-state index contributed by atoms with van der Waals surface area (Å²) in [7, 11) is 1.89. The van der Waals surface area contributed by atoms with E-state index in [1.165, 1.54) is 6.08 Å². The summed E-state index contributed by atoms with van der Waals surface area (Å²) in [5.41, 5.74) is 0.889. The van der Waals surface area contributed by atoms with E-state index >= 15 is 0 Å². The fourth-order valence-electron chi connectivity index (χ4n) is 1.24. The third-order valence-electron chi connectivity index (χ3n) is 2.13. The molecule has 0 aromatic heterocycles. The maximum Gasteiger partial charge on any atom is 0.348 e. The van der Waals surface area contributed by atoms with E-state index in [9.17, 15) is 4.79 Å². The molecule has 0 atom stereocenters. The van der Waals surface area contributed by atoms with E-state index < -0.39 is 5.97 Å². The van der Waals surface area contributed by atoms with Gasteiger partial charge in [-0.1, -0.05) is 6.08 Å². The van der Waals surface area contributed by atoms with Crippen LogP contribution in [0.4, 0.5) is 0 Å². The van der Waals surface area contributed by atoms with Crippen LogP contribution in [0.3, 0.4) is 0 Å². The van der Waals surface area contributed by atoms with Gasteiger partial charge in [-0.3, -0.25) is 0 Å². The minimum absolute atomic E-state index is 0.00398. The van der Waals surface area contributed by atoms with Gasteiger partial charge in [-0.25, -0.2) is 4.79 Å². The average molecular weight is 230 g/mol. The van der Waals surface area contributed by atoms with Crippen molar-refractivity contribution in [2.24, 2.45) is 0 Å². The van der Waals surface area contributed by atoms with Gasteiger partial charge in [0.1, 0.15) is 11.6 Å². The van der Waals surface area contributed by atoms with E-state index in [1.54, 1.807) is 13.0 Å². The van der Waals surface area contributed by atoms with Crippen LogP contribution in [0.5, 0.6) is 0 Å². The molecule has 4 heteroatoms. The predicted molar refractivity (Wildman–Crippen MR) is 64.5 cm³/mol. The van der Waals surface area contributed by atoms with Crippen LogP contribution in [-0.2, 0) is 9.53 Å². The van der Waals surface area contributed by atoms with Gasteiger partial charge in [-0.2, -0.15) is 5.26 Å². The number of ether oxygens (including phenoxy) is 1. The molecule has 0 spiro atoms. The van der Waals surface area contributed by atoms with Crippen LogP contribution in [-0.4, -0.2) is 24.5 Å². The Bertz CT molecular complexity index is 451. The summed E-state index contributed by atoms with van der Waals surface area (Å²) in [6, 6.07) is 1.82. The number of carbonyl (C=O) groups is 1. The summed E-state index contributed by atoms with van der Waals surface area (Å²) in [4.78, 5) is 13.2. The summed E-state index contributed by atoms with van der Waals surface area (Å²) in [5.74, 6) is -0.593. The number of nitriles is 1. The van der Waals surface area contributed by atoms with Crippen LogP contribution < -0.4 is 0 Å². The molecule has 0 N–H and O–H groups in total. The molecule has 0 aromatic rings. The Morgan fingerprint density at radius 1 is 1.59 bits per heavy atom. The minimum Gasteiger partial charge on any atom is -0.462 e. The summed E-state index contributed by atoms with van der Waals surface area (Å²) in [6.45, 7) is 1.96. The first kappa shape index (κ1) is 12.8. The summed E-state index contributed by atoms with van der Waals surface area (Å²) in [6.07, 6.45) is 10.7. The second kappa shape index (κ2) is 6.33. The van der Waals surface area contributed by atoms with Crippen LogP contribution in [0.25, 0.3) is 0 Å². The SMILES string of the molecule is CCOC(=O)/C(C#N)=C/C=C1\C=CC=CN1C.